The maximum atomic E-state index is 5.25. The highest BCUT2D eigenvalue weighted by Crippen LogP contribution is 2.13. The third kappa shape index (κ3) is 3.82. The predicted molar refractivity (Wildman–Crippen MR) is 61.8 cm³/mol. The standard InChI is InChI=1S/C12H15N3/c1-4-10-15(3)14-13-12-8-6-11(5-2)7-9-12/h2,6-9H,4,10H2,1,3H3. The zero-order valence-corrected chi connectivity index (χ0v) is 9.14. The summed E-state index contributed by atoms with van der Waals surface area (Å²) in [6.07, 6.45) is 6.31. The lowest BCUT2D eigenvalue weighted by molar-refractivity contribution is 0.332. The summed E-state index contributed by atoms with van der Waals surface area (Å²) < 4.78 is 0. The monoisotopic (exact) mass is 201 g/mol. The minimum absolute atomic E-state index is 0.817. The lowest BCUT2D eigenvalue weighted by Gasteiger charge is -2.08. The fourth-order valence-corrected chi connectivity index (χ4v) is 1.12. The maximum Gasteiger partial charge on any atom is 0.0875 e. The van der Waals surface area contributed by atoms with Gasteiger partial charge in [0.1, 0.15) is 0 Å². The number of terminal acetylenes is 1. The summed E-state index contributed by atoms with van der Waals surface area (Å²) in [5.74, 6) is 2.56. The van der Waals surface area contributed by atoms with E-state index in [1.54, 1.807) is 0 Å². The quantitative estimate of drug-likeness (QED) is 0.418. The van der Waals surface area contributed by atoms with Crippen molar-refractivity contribution in [1.29, 1.82) is 0 Å². The van der Waals surface area contributed by atoms with Crippen molar-refractivity contribution in [2.75, 3.05) is 13.6 Å². The highest BCUT2D eigenvalue weighted by Gasteiger charge is 1.92. The molecule has 0 radical (unpaired) electrons. The van der Waals surface area contributed by atoms with Gasteiger partial charge in [-0.15, -0.1) is 11.5 Å². The van der Waals surface area contributed by atoms with Gasteiger partial charge >= 0.3 is 0 Å². The zero-order valence-electron chi connectivity index (χ0n) is 9.14. The van der Waals surface area contributed by atoms with Crippen LogP contribution in [0.15, 0.2) is 34.6 Å². The molecule has 0 atom stereocenters. The van der Waals surface area contributed by atoms with E-state index >= 15 is 0 Å². The third-order valence-corrected chi connectivity index (χ3v) is 1.89. The van der Waals surface area contributed by atoms with Gasteiger partial charge in [-0.2, -0.15) is 0 Å². The predicted octanol–water partition coefficient (Wildman–Crippen LogP) is 3.01. The van der Waals surface area contributed by atoms with Gasteiger partial charge in [-0.3, -0.25) is 5.01 Å². The van der Waals surface area contributed by atoms with E-state index in [-0.39, 0.29) is 0 Å². The molecule has 0 saturated carbocycles. The summed E-state index contributed by atoms with van der Waals surface area (Å²) in [6, 6.07) is 7.43. The van der Waals surface area contributed by atoms with Gasteiger partial charge < -0.3 is 0 Å². The highest BCUT2D eigenvalue weighted by molar-refractivity contribution is 5.43. The molecule has 0 aliphatic rings. The van der Waals surface area contributed by atoms with E-state index in [4.69, 9.17) is 6.42 Å². The minimum Gasteiger partial charge on any atom is -0.282 e. The smallest absolute Gasteiger partial charge is 0.0875 e. The van der Waals surface area contributed by atoms with Gasteiger partial charge in [-0.1, -0.05) is 18.1 Å². The third-order valence-electron chi connectivity index (χ3n) is 1.89. The molecule has 0 aromatic heterocycles. The lowest BCUT2D eigenvalue weighted by atomic mass is 10.2. The Morgan fingerprint density at radius 3 is 2.53 bits per heavy atom. The first kappa shape index (κ1) is 11.3. The van der Waals surface area contributed by atoms with E-state index < -0.39 is 0 Å². The van der Waals surface area contributed by atoms with Gasteiger partial charge in [0.25, 0.3) is 0 Å². The van der Waals surface area contributed by atoms with Gasteiger partial charge in [0.15, 0.2) is 0 Å². The van der Waals surface area contributed by atoms with Crippen LogP contribution in [-0.4, -0.2) is 18.6 Å². The molecule has 15 heavy (non-hydrogen) atoms. The van der Waals surface area contributed by atoms with Gasteiger partial charge in [0, 0.05) is 19.2 Å². The van der Waals surface area contributed by atoms with Crippen molar-refractivity contribution in [3.8, 4) is 12.3 Å². The highest BCUT2D eigenvalue weighted by atomic mass is 15.5. The largest absolute Gasteiger partial charge is 0.282 e. The number of hydrogen-bond acceptors (Lipinski definition) is 2. The molecule has 1 aromatic carbocycles. The Kier molecular flexibility index (Phi) is 4.36. The summed E-state index contributed by atoms with van der Waals surface area (Å²) >= 11 is 0. The van der Waals surface area contributed by atoms with Crippen LogP contribution in [0, 0.1) is 12.3 Å². The number of hydrogen-bond donors (Lipinski definition) is 0. The van der Waals surface area contributed by atoms with Crippen LogP contribution in [0.3, 0.4) is 0 Å². The average Bonchev–Trinajstić information content (AvgIpc) is 2.27. The lowest BCUT2D eigenvalue weighted by Crippen LogP contribution is -2.10. The molecule has 0 aliphatic carbocycles. The molecule has 0 N–H and O–H groups in total. The molecule has 0 unspecified atom stereocenters. The Morgan fingerprint density at radius 2 is 2.00 bits per heavy atom. The number of nitrogens with zero attached hydrogens (tertiary/aromatic N) is 3. The van der Waals surface area contributed by atoms with E-state index in [1.165, 1.54) is 0 Å². The molecule has 0 aliphatic heterocycles. The molecule has 1 rings (SSSR count). The van der Waals surface area contributed by atoms with Crippen molar-refractivity contribution in [2.24, 2.45) is 10.3 Å². The Balaban J connectivity index is 2.61. The maximum absolute atomic E-state index is 5.25. The Bertz CT molecular complexity index is 359. The SMILES string of the molecule is C#Cc1ccc(N=NN(C)CCC)cc1. The second-order valence-corrected chi connectivity index (χ2v) is 3.26. The molecule has 0 heterocycles. The Morgan fingerprint density at radius 1 is 1.33 bits per heavy atom. The van der Waals surface area contributed by atoms with E-state index in [0.29, 0.717) is 0 Å². The fraction of sp³-hybridized carbons (Fsp3) is 0.333. The molecular formula is C12H15N3. The topological polar surface area (TPSA) is 28.0 Å². The molecule has 0 amide bonds. The van der Waals surface area contributed by atoms with Gasteiger partial charge in [-0.05, 0) is 30.7 Å². The number of rotatable bonds is 4. The van der Waals surface area contributed by atoms with E-state index in [9.17, 15) is 0 Å². The summed E-state index contributed by atoms with van der Waals surface area (Å²) in [5, 5.41) is 9.94. The second-order valence-electron chi connectivity index (χ2n) is 3.26. The van der Waals surface area contributed by atoms with E-state index in [2.05, 4.69) is 23.2 Å². The van der Waals surface area contributed by atoms with E-state index in [1.807, 2.05) is 36.3 Å². The first-order valence-electron chi connectivity index (χ1n) is 4.95. The van der Waals surface area contributed by atoms with Gasteiger partial charge in [0.05, 0.1) is 5.69 Å². The molecule has 1 aromatic rings. The van der Waals surface area contributed by atoms with Crippen LogP contribution >= 0.6 is 0 Å². The van der Waals surface area contributed by atoms with Crippen LogP contribution < -0.4 is 0 Å². The van der Waals surface area contributed by atoms with E-state index in [0.717, 1.165) is 24.2 Å². The summed E-state index contributed by atoms with van der Waals surface area (Å²) in [6.45, 7) is 3.01. The van der Waals surface area contributed by atoms with Crippen molar-refractivity contribution in [2.45, 2.75) is 13.3 Å². The summed E-state index contributed by atoms with van der Waals surface area (Å²) in [5.41, 5.74) is 1.67. The van der Waals surface area contributed by atoms with Crippen LogP contribution in [0.1, 0.15) is 18.9 Å². The van der Waals surface area contributed by atoms with Crippen LogP contribution in [0.2, 0.25) is 0 Å². The zero-order chi connectivity index (χ0) is 11.1. The normalized spacial score (nSPS) is 10.2. The van der Waals surface area contributed by atoms with Crippen LogP contribution in [-0.2, 0) is 0 Å². The molecule has 78 valence electrons. The van der Waals surface area contributed by atoms with Crippen molar-refractivity contribution < 1.29 is 0 Å². The van der Waals surface area contributed by atoms with Crippen molar-refractivity contribution in [1.82, 2.24) is 5.01 Å². The van der Waals surface area contributed by atoms with Crippen LogP contribution in [0.5, 0.6) is 0 Å². The van der Waals surface area contributed by atoms with Crippen molar-refractivity contribution in [3.05, 3.63) is 29.8 Å². The Hall–Kier alpha value is -1.82. The molecule has 0 spiro atoms. The van der Waals surface area contributed by atoms with Gasteiger partial charge in [0.2, 0.25) is 0 Å². The van der Waals surface area contributed by atoms with Crippen molar-refractivity contribution >= 4 is 5.69 Å². The fourth-order valence-electron chi connectivity index (χ4n) is 1.12. The van der Waals surface area contributed by atoms with Gasteiger partial charge in [-0.25, -0.2) is 0 Å². The molecule has 0 fully saturated rings. The van der Waals surface area contributed by atoms with Crippen LogP contribution in [0.25, 0.3) is 0 Å². The van der Waals surface area contributed by atoms with Crippen molar-refractivity contribution in [3.63, 3.8) is 0 Å². The molecule has 0 saturated heterocycles. The number of benzene rings is 1. The molecule has 3 nitrogen and oxygen atoms in total. The Labute approximate surface area is 90.8 Å². The second kappa shape index (κ2) is 5.82. The summed E-state index contributed by atoms with van der Waals surface area (Å²) in [4.78, 5) is 0. The molecular weight excluding hydrogens is 186 g/mol. The molecule has 3 heteroatoms. The first-order valence-corrected chi connectivity index (χ1v) is 4.95. The first-order chi connectivity index (χ1) is 7.26. The van der Waals surface area contributed by atoms with Crippen LogP contribution in [0.4, 0.5) is 5.69 Å². The molecule has 0 bridgehead atoms. The summed E-state index contributed by atoms with van der Waals surface area (Å²) in [7, 11) is 1.91. The average molecular weight is 201 g/mol. The minimum atomic E-state index is 0.817.